The van der Waals surface area contributed by atoms with E-state index < -0.39 is 11.9 Å². The molecule has 1 saturated carbocycles. The van der Waals surface area contributed by atoms with Crippen molar-refractivity contribution >= 4 is 11.9 Å². The summed E-state index contributed by atoms with van der Waals surface area (Å²) in [6, 6.07) is 3.90. The normalized spacial score (nSPS) is 26.6. The number of hydrogen-bond donors (Lipinski definition) is 2. The molecule has 2 atom stereocenters. The van der Waals surface area contributed by atoms with Crippen molar-refractivity contribution in [2.75, 3.05) is 0 Å². The second-order valence-electron chi connectivity index (χ2n) is 8.55. The molecule has 3 rings (SSSR count). The van der Waals surface area contributed by atoms with Crippen LogP contribution < -0.4 is 5.32 Å². The van der Waals surface area contributed by atoms with E-state index in [1.54, 1.807) is 6.92 Å². The fourth-order valence-electron chi connectivity index (χ4n) is 4.90. The number of rotatable bonds is 3. The number of carboxylic acids is 1. The number of hydrogen-bond acceptors (Lipinski definition) is 2. The van der Waals surface area contributed by atoms with Gasteiger partial charge in [0.15, 0.2) is 0 Å². The van der Waals surface area contributed by atoms with Gasteiger partial charge >= 0.3 is 5.97 Å². The molecule has 1 aromatic carbocycles. The molecule has 0 radical (unpaired) electrons. The highest BCUT2D eigenvalue weighted by Gasteiger charge is 2.41. The van der Waals surface area contributed by atoms with Crippen LogP contribution in [0.3, 0.4) is 0 Å². The van der Waals surface area contributed by atoms with E-state index in [9.17, 15) is 14.7 Å². The van der Waals surface area contributed by atoms with E-state index in [1.165, 1.54) is 6.42 Å². The van der Waals surface area contributed by atoms with Gasteiger partial charge in [0.2, 0.25) is 0 Å². The summed E-state index contributed by atoms with van der Waals surface area (Å²) in [4.78, 5) is 23.8. The third-order valence-electron chi connectivity index (χ3n) is 5.93. The van der Waals surface area contributed by atoms with Crippen LogP contribution >= 0.6 is 0 Å². The van der Waals surface area contributed by atoms with E-state index in [0.29, 0.717) is 12.1 Å². The first-order valence-corrected chi connectivity index (χ1v) is 8.82. The van der Waals surface area contributed by atoms with Gasteiger partial charge in [0.05, 0.1) is 5.92 Å². The van der Waals surface area contributed by atoms with Gasteiger partial charge in [0.1, 0.15) is 0 Å². The maximum absolute atomic E-state index is 12.0. The number of carboxylic acid groups (broad SMARTS) is 1. The van der Waals surface area contributed by atoms with Crippen molar-refractivity contribution in [2.45, 2.75) is 71.3 Å². The lowest BCUT2D eigenvalue weighted by Crippen LogP contribution is -2.36. The molecule has 0 saturated heterocycles. The van der Waals surface area contributed by atoms with Crippen LogP contribution in [0.2, 0.25) is 0 Å². The Labute approximate surface area is 143 Å². The summed E-state index contributed by atoms with van der Waals surface area (Å²) in [6.07, 6.45) is 4.46. The largest absolute Gasteiger partial charge is 0.481 e. The lowest BCUT2D eigenvalue weighted by atomic mass is 9.60. The van der Waals surface area contributed by atoms with Crippen LogP contribution in [0.1, 0.15) is 86.3 Å². The predicted molar refractivity (Wildman–Crippen MR) is 93.3 cm³/mol. The van der Waals surface area contributed by atoms with Crippen molar-refractivity contribution in [3.05, 3.63) is 34.4 Å². The maximum Gasteiger partial charge on any atom is 0.310 e. The molecule has 1 aliphatic heterocycles. The zero-order valence-electron chi connectivity index (χ0n) is 15.0. The van der Waals surface area contributed by atoms with Gasteiger partial charge in [-0.15, -0.1) is 0 Å². The molecule has 1 aromatic rings. The summed E-state index contributed by atoms with van der Waals surface area (Å²) in [5, 5.41) is 12.5. The van der Waals surface area contributed by atoms with E-state index in [-0.39, 0.29) is 16.7 Å². The van der Waals surface area contributed by atoms with Crippen LogP contribution in [0.15, 0.2) is 12.1 Å². The molecule has 0 spiro atoms. The summed E-state index contributed by atoms with van der Waals surface area (Å²) >= 11 is 0. The first-order valence-electron chi connectivity index (χ1n) is 8.82. The number of fused-ring (bicyclic) bond motifs is 1. The molecule has 1 amide bonds. The van der Waals surface area contributed by atoms with Gasteiger partial charge in [-0.25, -0.2) is 0 Å². The van der Waals surface area contributed by atoms with Crippen LogP contribution in [0.5, 0.6) is 0 Å². The lowest BCUT2D eigenvalue weighted by Gasteiger charge is -2.44. The molecule has 0 aromatic heterocycles. The average Bonchev–Trinajstić information content (AvgIpc) is 2.86. The van der Waals surface area contributed by atoms with Crippen LogP contribution in [-0.4, -0.2) is 17.0 Å². The van der Waals surface area contributed by atoms with E-state index >= 15 is 0 Å². The van der Waals surface area contributed by atoms with Gasteiger partial charge < -0.3 is 10.4 Å². The van der Waals surface area contributed by atoms with Crippen molar-refractivity contribution in [1.29, 1.82) is 0 Å². The van der Waals surface area contributed by atoms with Gasteiger partial charge in [-0.05, 0) is 59.8 Å². The van der Waals surface area contributed by atoms with Gasteiger partial charge in [-0.2, -0.15) is 0 Å². The molecule has 130 valence electrons. The zero-order valence-corrected chi connectivity index (χ0v) is 15.0. The highest BCUT2D eigenvalue weighted by molar-refractivity contribution is 5.99. The number of amides is 1. The number of aliphatic carboxylic acids is 1. The number of carbonyl (C=O) groups is 2. The molecule has 1 fully saturated rings. The van der Waals surface area contributed by atoms with Gasteiger partial charge in [0.25, 0.3) is 5.91 Å². The summed E-state index contributed by atoms with van der Waals surface area (Å²) < 4.78 is 0. The molecular formula is C20H27NO3. The monoisotopic (exact) mass is 329 g/mol. The molecule has 24 heavy (non-hydrogen) atoms. The molecule has 4 heteroatoms. The topological polar surface area (TPSA) is 66.4 Å². The first-order chi connectivity index (χ1) is 11.1. The quantitative estimate of drug-likeness (QED) is 0.881. The van der Waals surface area contributed by atoms with E-state index in [0.717, 1.165) is 36.0 Å². The van der Waals surface area contributed by atoms with Gasteiger partial charge in [-0.3, -0.25) is 9.59 Å². The van der Waals surface area contributed by atoms with Crippen LogP contribution in [-0.2, 0) is 16.8 Å². The Balaban J connectivity index is 2.18. The van der Waals surface area contributed by atoms with Crippen molar-refractivity contribution in [3.8, 4) is 0 Å². The Morgan fingerprint density at radius 1 is 1.25 bits per heavy atom. The molecule has 4 nitrogen and oxygen atoms in total. The summed E-state index contributed by atoms with van der Waals surface area (Å²) in [6.45, 7) is 9.03. The van der Waals surface area contributed by atoms with Crippen molar-refractivity contribution in [1.82, 2.24) is 5.32 Å². The zero-order chi connectivity index (χ0) is 17.7. The van der Waals surface area contributed by atoms with E-state index in [1.807, 2.05) is 12.1 Å². The summed E-state index contributed by atoms with van der Waals surface area (Å²) in [5.74, 6) is -1.53. The van der Waals surface area contributed by atoms with Gasteiger partial charge in [-0.1, -0.05) is 33.3 Å². The fourth-order valence-corrected chi connectivity index (χ4v) is 4.90. The standard InChI is InChI=1S/C20H27NO3/c1-12(18(23)24)16-14-10-21-17(22)13(14)6-7-15(16)20(4)9-5-8-19(2,3)11-20/h6-7,12H,5,8-11H2,1-4H3,(H,21,22)(H,23,24)/t12-,20+/m1/s1. The molecule has 1 aliphatic carbocycles. The van der Waals surface area contributed by atoms with E-state index in [4.69, 9.17) is 0 Å². The summed E-state index contributed by atoms with van der Waals surface area (Å²) in [7, 11) is 0. The number of benzene rings is 1. The molecule has 2 aliphatic rings. The second kappa shape index (κ2) is 5.61. The van der Waals surface area contributed by atoms with Gasteiger partial charge in [0, 0.05) is 12.1 Å². The third-order valence-corrected chi connectivity index (χ3v) is 5.93. The first kappa shape index (κ1) is 17.0. The average molecular weight is 329 g/mol. The Bertz CT molecular complexity index is 707. The minimum absolute atomic E-state index is 0.0402. The molecule has 2 N–H and O–H groups in total. The Morgan fingerprint density at radius 3 is 2.58 bits per heavy atom. The number of carbonyl (C=O) groups excluding carboxylic acids is 1. The molecule has 1 heterocycles. The Hall–Kier alpha value is -1.84. The van der Waals surface area contributed by atoms with Crippen molar-refractivity contribution in [2.24, 2.45) is 5.41 Å². The van der Waals surface area contributed by atoms with Crippen molar-refractivity contribution in [3.63, 3.8) is 0 Å². The van der Waals surface area contributed by atoms with Crippen LogP contribution in [0, 0.1) is 5.41 Å². The second-order valence-corrected chi connectivity index (χ2v) is 8.55. The number of nitrogens with one attached hydrogen (secondary N) is 1. The molecule has 0 bridgehead atoms. The van der Waals surface area contributed by atoms with Crippen LogP contribution in [0.25, 0.3) is 0 Å². The lowest BCUT2D eigenvalue weighted by molar-refractivity contribution is -0.138. The fraction of sp³-hybridized carbons (Fsp3) is 0.600. The predicted octanol–water partition coefficient (Wildman–Crippen LogP) is 3.98. The molecule has 0 unspecified atom stereocenters. The third kappa shape index (κ3) is 2.72. The summed E-state index contributed by atoms with van der Waals surface area (Å²) in [5.41, 5.74) is 3.72. The Kier molecular flexibility index (Phi) is 3.97. The smallest absolute Gasteiger partial charge is 0.310 e. The minimum Gasteiger partial charge on any atom is -0.481 e. The SMILES string of the molecule is C[C@@H](C(=O)O)c1c([C@@]2(C)CCCC(C)(C)C2)ccc2c1CNC2=O. The Morgan fingerprint density at radius 2 is 1.96 bits per heavy atom. The maximum atomic E-state index is 12.0. The highest BCUT2D eigenvalue weighted by atomic mass is 16.4. The van der Waals surface area contributed by atoms with E-state index in [2.05, 4.69) is 26.1 Å². The van der Waals surface area contributed by atoms with Crippen molar-refractivity contribution < 1.29 is 14.7 Å². The van der Waals surface area contributed by atoms with Crippen LogP contribution in [0.4, 0.5) is 0 Å². The minimum atomic E-state index is -0.831. The molecular weight excluding hydrogens is 302 g/mol. The highest BCUT2D eigenvalue weighted by Crippen LogP contribution is 2.50.